The average molecular weight is 549 g/mol. The van der Waals surface area contributed by atoms with Crippen LogP contribution in [0.15, 0.2) is 66.9 Å². The molecule has 2 aromatic carbocycles. The van der Waals surface area contributed by atoms with Crippen molar-refractivity contribution < 1.29 is 27.9 Å². The van der Waals surface area contributed by atoms with Gasteiger partial charge < -0.3 is 14.5 Å². The molecule has 3 aromatic heterocycles. The SMILES string of the molecule is CCCc1nc(-n2cccc2C(=O)C(F)(F)F)c(C(=O)[O-])n1Cc1ccc(-c2ccccc2-c2nn[nH]n2)cc1. The third-order valence-corrected chi connectivity index (χ3v) is 6.28. The number of carbonyl (C=O) groups is 2. The molecule has 0 aliphatic rings. The van der Waals surface area contributed by atoms with Crippen molar-refractivity contribution in [2.75, 3.05) is 0 Å². The first-order valence-corrected chi connectivity index (χ1v) is 12.2. The minimum absolute atomic E-state index is 0.0578. The normalized spacial score (nSPS) is 11.6. The molecule has 13 heteroatoms. The highest BCUT2D eigenvalue weighted by Gasteiger charge is 2.41. The van der Waals surface area contributed by atoms with E-state index in [2.05, 4.69) is 25.6 Å². The van der Waals surface area contributed by atoms with Gasteiger partial charge in [0.1, 0.15) is 11.5 Å². The van der Waals surface area contributed by atoms with E-state index in [0.29, 0.717) is 30.1 Å². The monoisotopic (exact) mass is 548 g/mol. The number of Topliss-reactive ketones (excluding diaryl/α,β-unsaturated/α-hetero) is 1. The lowest BCUT2D eigenvalue weighted by Crippen LogP contribution is -2.29. The Bertz CT molecular complexity index is 1670. The second kappa shape index (κ2) is 10.6. The molecule has 0 atom stereocenters. The van der Waals surface area contributed by atoms with E-state index in [1.54, 1.807) is 0 Å². The molecule has 3 heterocycles. The van der Waals surface area contributed by atoms with Gasteiger partial charge in [0.2, 0.25) is 5.82 Å². The summed E-state index contributed by atoms with van der Waals surface area (Å²) in [5, 5.41) is 26.4. The van der Waals surface area contributed by atoms with Gasteiger partial charge in [-0.25, -0.2) is 4.98 Å². The summed E-state index contributed by atoms with van der Waals surface area (Å²) >= 11 is 0. The van der Waals surface area contributed by atoms with Crippen molar-refractivity contribution in [1.82, 2.24) is 34.7 Å². The molecule has 5 rings (SSSR count). The van der Waals surface area contributed by atoms with Gasteiger partial charge in [-0.1, -0.05) is 55.5 Å². The molecule has 0 saturated carbocycles. The maximum atomic E-state index is 13.2. The van der Waals surface area contributed by atoms with Crippen LogP contribution in [0.4, 0.5) is 13.2 Å². The number of tetrazole rings is 1. The number of aromatic carboxylic acids is 1. The maximum absolute atomic E-state index is 13.2. The van der Waals surface area contributed by atoms with Gasteiger partial charge in [0, 0.05) is 24.7 Å². The quantitative estimate of drug-likeness (QED) is 0.278. The molecule has 0 fully saturated rings. The highest BCUT2D eigenvalue weighted by atomic mass is 19.4. The van der Waals surface area contributed by atoms with Crippen molar-refractivity contribution in [2.45, 2.75) is 32.5 Å². The van der Waals surface area contributed by atoms with Crippen molar-refractivity contribution >= 4 is 11.8 Å². The lowest BCUT2D eigenvalue weighted by Gasteiger charge is -2.15. The van der Waals surface area contributed by atoms with E-state index in [0.717, 1.165) is 27.3 Å². The molecule has 40 heavy (non-hydrogen) atoms. The average Bonchev–Trinajstić information content (AvgIpc) is 3.69. The third-order valence-electron chi connectivity index (χ3n) is 6.28. The predicted octanol–water partition coefficient (Wildman–Crippen LogP) is 3.63. The number of hydrogen-bond donors (Lipinski definition) is 1. The molecule has 204 valence electrons. The number of halogens is 3. The number of imidazole rings is 1. The predicted molar refractivity (Wildman–Crippen MR) is 134 cm³/mol. The van der Waals surface area contributed by atoms with Crippen LogP contribution in [0.2, 0.25) is 0 Å². The molecule has 1 N–H and O–H groups in total. The number of nitrogens with one attached hydrogen (secondary N) is 1. The summed E-state index contributed by atoms with van der Waals surface area (Å²) < 4.78 is 41.8. The Morgan fingerprint density at radius 3 is 2.35 bits per heavy atom. The zero-order valence-corrected chi connectivity index (χ0v) is 21.0. The van der Waals surface area contributed by atoms with Crippen LogP contribution in [-0.2, 0) is 13.0 Å². The number of benzene rings is 2. The summed E-state index contributed by atoms with van der Waals surface area (Å²) in [6.45, 7) is 1.92. The molecule has 0 amide bonds. The molecule has 0 aliphatic carbocycles. The molecule has 0 saturated heterocycles. The van der Waals surface area contributed by atoms with Crippen LogP contribution in [-0.4, -0.2) is 52.7 Å². The van der Waals surface area contributed by atoms with Crippen LogP contribution in [0.3, 0.4) is 0 Å². The van der Waals surface area contributed by atoms with Crippen molar-refractivity contribution in [3.05, 3.63) is 89.6 Å². The number of carboxylic acids is 1. The minimum Gasteiger partial charge on any atom is -0.543 e. The zero-order valence-electron chi connectivity index (χ0n) is 21.0. The number of rotatable bonds is 9. The van der Waals surface area contributed by atoms with E-state index in [4.69, 9.17) is 0 Å². The minimum atomic E-state index is -5.14. The fourth-order valence-corrected chi connectivity index (χ4v) is 4.51. The van der Waals surface area contributed by atoms with Gasteiger partial charge in [-0.2, -0.15) is 18.4 Å². The first-order chi connectivity index (χ1) is 19.2. The Kier molecular flexibility index (Phi) is 7.03. The molecule has 10 nitrogen and oxygen atoms in total. The summed E-state index contributed by atoms with van der Waals surface area (Å²) in [6.07, 6.45) is -3.03. The summed E-state index contributed by atoms with van der Waals surface area (Å²) in [4.78, 5) is 28.7. The van der Waals surface area contributed by atoms with Gasteiger partial charge in [0.25, 0.3) is 5.78 Å². The number of aromatic nitrogens is 7. The number of carboxylic acid groups (broad SMARTS) is 1. The number of hydrogen-bond acceptors (Lipinski definition) is 7. The highest BCUT2D eigenvalue weighted by Crippen LogP contribution is 2.30. The van der Waals surface area contributed by atoms with Gasteiger partial charge in [-0.05, 0) is 40.5 Å². The standard InChI is InChI=1S/C27H22F3N7O3/c1-2-6-21-31-25(36-14-5-9-20(36)23(38)27(28,29)30)22(26(39)40)37(21)15-16-10-12-17(13-11-16)18-7-3-4-8-19(18)24-32-34-35-33-24/h3-5,7-14H,2,6,15H2,1H3,(H,39,40)(H,32,33,34,35)/p-1. The van der Waals surface area contributed by atoms with Gasteiger partial charge in [-0.15, -0.1) is 10.2 Å². The highest BCUT2D eigenvalue weighted by molar-refractivity contribution is 6.00. The lowest BCUT2D eigenvalue weighted by atomic mass is 9.98. The molecule has 5 aromatic rings. The molecule has 0 radical (unpaired) electrons. The van der Waals surface area contributed by atoms with Crippen molar-refractivity contribution in [2.24, 2.45) is 0 Å². The number of carbonyl (C=O) groups excluding carboxylic acids is 2. The summed E-state index contributed by atoms with van der Waals surface area (Å²) in [5.41, 5.74) is 2.02. The van der Waals surface area contributed by atoms with Gasteiger partial charge >= 0.3 is 6.18 Å². The Morgan fingerprint density at radius 1 is 1.00 bits per heavy atom. The van der Waals surface area contributed by atoms with E-state index >= 15 is 0 Å². The van der Waals surface area contributed by atoms with Crippen molar-refractivity contribution in [3.8, 4) is 28.3 Å². The van der Waals surface area contributed by atoms with Crippen molar-refractivity contribution in [3.63, 3.8) is 0 Å². The summed E-state index contributed by atoms with van der Waals surface area (Å²) in [5.74, 6) is -3.28. The molecular weight excluding hydrogens is 527 g/mol. The van der Waals surface area contributed by atoms with Crippen LogP contribution < -0.4 is 5.11 Å². The van der Waals surface area contributed by atoms with Gasteiger partial charge in [-0.3, -0.25) is 9.36 Å². The topological polar surface area (TPSA) is 134 Å². The van der Waals surface area contributed by atoms with Crippen LogP contribution in [0, 0.1) is 0 Å². The fourth-order valence-electron chi connectivity index (χ4n) is 4.51. The summed E-state index contributed by atoms with van der Waals surface area (Å²) in [6, 6.07) is 17.0. The van der Waals surface area contributed by atoms with Crippen LogP contribution in [0.1, 0.15) is 45.7 Å². The molecule has 0 spiro atoms. The Balaban J connectivity index is 1.53. The zero-order chi connectivity index (χ0) is 28.4. The smallest absolute Gasteiger partial charge is 0.456 e. The van der Waals surface area contributed by atoms with Crippen LogP contribution in [0.5, 0.6) is 0 Å². The van der Waals surface area contributed by atoms with E-state index in [-0.39, 0.29) is 12.4 Å². The van der Waals surface area contributed by atoms with Gasteiger partial charge in [0.05, 0.1) is 11.7 Å². The first kappa shape index (κ1) is 26.5. The number of H-pyrrole nitrogens is 1. The van der Waals surface area contributed by atoms with Crippen LogP contribution in [0.25, 0.3) is 28.3 Å². The molecular formula is C27H21F3N7O3-. The van der Waals surface area contributed by atoms with Crippen LogP contribution >= 0.6 is 0 Å². The maximum Gasteiger partial charge on any atom is 0.456 e. The third kappa shape index (κ3) is 5.00. The second-order valence-electron chi connectivity index (χ2n) is 8.89. The molecule has 0 bridgehead atoms. The Hall–Kier alpha value is -5.07. The molecule has 0 aliphatic heterocycles. The van der Waals surface area contributed by atoms with Crippen molar-refractivity contribution in [1.29, 1.82) is 0 Å². The number of nitrogens with zero attached hydrogens (tertiary/aromatic N) is 6. The van der Waals surface area contributed by atoms with E-state index in [1.807, 2.05) is 55.5 Å². The Labute approximate surface area is 225 Å². The largest absolute Gasteiger partial charge is 0.543 e. The number of aryl methyl sites for hydroxylation is 1. The summed E-state index contributed by atoms with van der Waals surface area (Å²) in [7, 11) is 0. The van der Waals surface area contributed by atoms with E-state index in [1.165, 1.54) is 16.8 Å². The Morgan fingerprint density at radius 2 is 1.73 bits per heavy atom. The molecule has 0 unspecified atom stereocenters. The first-order valence-electron chi connectivity index (χ1n) is 12.2. The number of ketones is 1. The number of aromatic amines is 1. The van der Waals surface area contributed by atoms with E-state index in [9.17, 15) is 27.9 Å². The lowest BCUT2D eigenvalue weighted by molar-refractivity contribution is -0.255. The second-order valence-corrected chi connectivity index (χ2v) is 8.89. The fraction of sp³-hybridized carbons (Fsp3) is 0.185. The van der Waals surface area contributed by atoms with Gasteiger partial charge in [0.15, 0.2) is 5.82 Å². The van der Waals surface area contributed by atoms with E-state index < -0.39 is 29.3 Å². The number of alkyl halides is 3.